The van der Waals surface area contributed by atoms with E-state index in [0.29, 0.717) is 12.0 Å². The quantitative estimate of drug-likeness (QED) is 0.518. The van der Waals surface area contributed by atoms with Gasteiger partial charge in [0.05, 0.1) is 6.54 Å². The van der Waals surface area contributed by atoms with E-state index >= 15 is 0 Å². The normalized spacial score (nSPS) is 26.1. The maximum absolute atomic E-state index is 11.0. The van der Waals surface area contributed by atoms with Gasteiger partial charge in [-0.2, -0.15) is 0 Å². The number of amides is 3. The van der Waals surface area contributed by atoms with E-state index in [1.165, 1.54) is 0 Å². The molecule has 1 aliphatic rings. The Labute approximate surface area is 70.7 Å². The number of hydrogen-bond donors (Lipinski definition) is 3. The highest BCUT2D eigenvalue weighted by molar-refractivity contribution is 5.83. The van der Waals surface area contributed by atoms with Gasteiger partial charge in [0.25, 0.3) is 0 Å². The highest BCUT2D eigenvalue weighted by Gasteiger charge is 2.33. The summed E-state index contributed by atoms with van der Waals surface area (Å²) in [5, 5.41) is 4.97. The molecule has 0 saturated heterocycles. The van der Waals surface area contributed by atoms with Crippen molar-refractivity contribution < 1.29 is 9.59 Å². The third-order valence-corrected chi connectivity index (χ3v) is 1.88. The zero-order chi connectivity index (χ0) is 9.14. The Bertz CT molecular complexity index is 205. The van der Waals surface area contributed by atoms with Gasteiger partial charge in [0.2, 0.25) is 5.91 Å². The van der Waals surface area contributed by atoms with Crippen LogP contribution in [0.2, 0.25) is 0 Å². The van der Waals surface area contributed by atoms with Crippen molar-refractivity contribution in [2.75, 3.05) is 6.54 Å². The molecule has 0 bridgehead atoms. The Hall–Kier alpha value is -1.26. The van der Waals surface area contributed by atoms with Crippen molar-refractivity contribution in [2.45, 2.75) is 19.4 Å². The summed E-state index contributed by atoms with van der Waals surface area (Å²) in [6, 6.07) is -0.374. The number of nitrogens with one attached hydrogen (secondary N) is 2. The van der Waals surface area contributed by atoms with E-state index < -0.39 is 6.03 Å². The Kier molecular flexibility index (Phi) is 2.52. The number of nitrogens with two attached hydrogens (primary N) is 1. The predicted molar refractivity (Wildman–Crippen MR) is 43.3 cm³/mol. The summed E-state index contributed by atoms with van der Waals surface area (Å²) < 4.78 is 0. The van der Waals surface area contributed by atoms with Crippen molar-refractivity contribution in [2.24, 2.45) is 11.7 Å². The molecular formula is C7H13N3O2. The van der Waals surface area contributed by atoms with Gasteiger partial charge in [-0.3, -0.25) is 4.79 Å². The first-order valence-electron chi connectivity index (χ1n) is 3.92. The van der Waals surface area contributed by atoms with Crippen molar-refractivity contribution in [1.82, 2.24) is 10.6 Å². The summed E-state index contributed by atoms with van der Waals surface area (Å²) in [6.07, 6.45) is 1.03. The summed E-state index contributed by atoms with van der Waals surface area (Å²) in [5.41, 5.74) is 4.78. The first kappa shape index (κ1) is 8.83. The fourth-order valence-electron chi connectivity index (χ4n) is 0.948. The van der Waals surface area contributed by atoms with Gasteiger partial charge in [0.15, 0.2) is 0 Å². The molecule has 5 nitrogen and oxygen atoms in total. The van der Waals surface area contributed by atoms with E-state index in [-0.39, 0.29) is 12.5 Å². The van der Waals surface area contributed by atoms with Crippen LogP contribution < -0.4 is 16.4 Å². The van der Waals surface area contributed by atoms with Gasteiger partial charge in [-0.15, -0.1) is 0 Å². The van der Waals surface area contributed by atoms with Crippen molar-refractivity contribution >= 4 is 11.9 Å². The summed E-state index contributed by atoms with van der Waals surface area (Å²) >= 11 is 0. The second kappa shape index (κ2) is 3.42. The molecule has 5 heteroatoms. The predicted octanol–water partition coefficient (Wildman–Crippen LogP) is -0.821. The summed E-state index contributed by atoms with van der Waals surface area (Å²) in [4.78, 5) is 21.2. The van der Waals surface area contributed by atoms with Crippen LogP contribution in [0.15, 0.2) is 0 Å². The molecule has 0 aliphatic heterocycles. The Morgan fingerprint density at radius 1 is 1.58 bits per heavy atom. The number of carbonyl (C=O) groups is 2. The highest BCUT2D eigenvalue weighted by Crippen LogP contribution is 2.28. The summed E-state index contributed by atoms with van der Waals surface area (Å²) in [5.74, 6) is 0.394. The van der Waals surface area contributed by atoms with Crippen molar-refractivity contribution in [3.05, 3.63) is 0 Å². The molecule has 3 amide bonds. The van der Waals surface area contributed by atoms with Crippen LogP contribution in [0.1, 0.15) is 13.3 Å². The van der Waals surface area contributed by atoms with Crippen molar-refractivity contribution in [1.29, 1.82) is 0 Å². The van der Waals surface area contributed by atoms with Gasteiger partial charge < -0.3 is 16.4 Å². The van der Waals surface area contributed by atoms with Crippen LogP contribution >= 0.6 is 0 Å². The lowest BCUT2D eigenvalue weighted by Crippen LogP contribution is -2.40. The van der Waals surface area contributed by atoms with Gasteiger partial charge in [-0.05, 0) is 12.3 Å². The molecule has 0 aromatic rings. The molecule has 0 spiro atoms. The third kappa shape index (κ3) is 2.77. The molecule has 0 heterocycles. The Morgan fingerprint density at radius 2 is 2.17 bits per heavy atom. The zero-order valence-electron chi connectivity index (χ0n) is 6.96. The van der Waals surface area contributed by atoms with Crippen LogP contribution in [0, 0.1) is 5.92 Å². The topological polar surface area (TPSA) is 84.2 Å². The van der Waals surface area contributed by atoms with Crippen LogP contribution in [-0.4, -0.2) is 24.5 Å². The number of rotatable bonds is 3. The van der Waals surface area contributed by atoms with Gasteiger partial charge in [-0.1, -0.05) is 6.92 Å². The molecule has 0 aromatic heterocycles. The SMILES string of the molecule is CC1CC1NC(=O)CNC(N)=O. The van der Waals surface area contributed by atoms with Gasteiger partial charge in [0, 0.05) is 6.04 Å². The fraction of sp³-hybridized carbons (Fsp3) is 0.714. The number of carbonyl (C=O) groups excluding carboxylic acids is 2. The molecular weight excluding hydrogens is 158 g/mol. The molecule has 0 aromatic carbocycles. The first-order valence-corrected chi connectivity index (χ1v) is 3.92. The van der Waals surface area contributed by atoms with Crippen LogP contribution in [0.25, 0.3) is 0 Å². The van der Waals surface area contributed by atoms with E-state index in [1.807, 2.05) is 0 Å². The van der Waals surface area contributed by atoms with E-state index in [4.69, 9.17) is 5.73 Å². The van der Waals surface area contributed by atoms with Gasteiger partial charge in [-0.25, -0.2) is 4.79 Å². The fourth-order valence-corrected chi connectivity index (χ4v) is 0.948. The molecule has 1 fully saturated rings. The second-order valence-corrected chi connectivity index (χ2v) is 3.10. The maximum atomic E-state index is 11.0. The van der Waals surface area contributed by atoms with Gasteiger partial charge in [0.1, 0.15) is 0 Å². The Balaban J connectivity index is 2.08. The monoisotopic (exact) mass is 171 g/mol. The Morgan fingerprint density at radius 3 is 2.58 bits per heavy atom. The maximum Gasteiger partial charge on any atom is 0.312 e. The van der Waals surface area contributed by atoms with Crippen LogP contribution in [-0.2, 0) is 4.79 Å². The minimum Gasteiger partial charge on any atom is -0.352 e. The second-order valence-electron chi connectivity index (χ2n) is 3.10. The summed E-state index contributed by atoms with van der Waals surface area (Å²) in [7, 11) is 0. The molecule has 2 atom stereocenters. The molecule has 1 rings (SSSR count). The first-order chi connectivity index (χ1) is 5.59. The minimum atomic E-state index is -0.672. The summed E-state index contributed by atoms with van der Waals surface area (Å²) in [6.45, 7) is 2.03. The van der Waals surface area contributed by atoms with E-state index in [0.717, 1.165) is 6.42 Å². The van der Waals surface area contributed by atoms with E-state index in [1.54, 1.807) is 0 Å². The smallest absolute Gasteiger partial charge is 0.312 e. The number of hydrogen-bond acceptors (Lipinski definition) is 2. The number of urea groups is 1. The standard InChI is InChI=1S/C7H13N3O2/c1-4-2-5(4)10-6(11)3-9-7(8)12/h4-5H,2-3H2,1H3,(H,10,11)(H3,8,9,12). The molecule has 1 saturated carbocycles. The van der Waals surface area contributed by atoms with Crippen molar-refractivity contribution in [3.8, 4) is 0 Å². The third-order valence-electron chi connectivity index (χ3n) is 1.88. The van der Waals surface area contributed by atoms with Gasteiger partial charge >= 0.3 is 6.03 Å². The average molecular weight is 171 g/mol. The highest BCUT2D eigenvalue weighted by atomic mass is 16.2. The van der Waals surface area contributed by atoms with Crippen molar-refractivity contribution in [3.63, 3.8) is 0 Å². The lowest BCUT2D eigenvalue weighted by molar-refractivity contribution is -0.120. The largest absolute Gasteiger partial charge is 0.352 e. The molecule has 0 radical (unpaired) electrons. The molecule has 4 N–H and O–H groups in total. The zero-order valence-corrected chi connectivity index (χ0v) is 6.96. The minimum absolute atomic E-state index is 0.0292. The van der Waals surface area contributed by atoms with E-state index in [9.17, 15) is 9.59 Å². The lowest BCUT2D eigenvalue weighted by Gasteiger charge is -2.03. The lowest BCUT2D eigenvalue weighted by atomic mass is 10.4. The van der Waals surface area contributed by atoms with E-state index in [2.05, 4.69) is 17.6 Å². The number of primary amides is 1. The average Bonchev–Trinajstić information content (AvgIpc) is 2.62. The molecule has 12 heavy (non-hydrogen) atoms. The van der Waals surface area contributed by atoms with Crippen LogP contribution in [0.5, 0.6) is 0 Å². The molecule has 1 aliphatic carbocycles. The van der Waals surface area contributed by atoms with Crippen LogP contribution in [0.3, 0.4) is 0 Å². The van der Waals surface area contributed by atoms with Crippen LogP contribution in [0.4, 0.5) is 4.79 Å². The molecule has 68 valence electrons. The molecule has 2 unspecified atom stereocenters.